The third-order valence-corrected chi connectivity index (χ3v) is 3.31. The van der Waals surface area contributed by atoms with Gasteiger partial charge >= 0.3 is 0 Å². The van der Waals surface area contributed by atoms with Crippen molar-refractivity contribution >= 4 is 5.91 Å². The second-order valence-electron chi connectivity index (χ2n) is 4.71. The zero-order valence-corrected chi connectivity index (χ0v) is 10.8. The van der Waals surface area contributed by atoms with Crippen molar-refractivity contribution in [3.8, 4) is 5.75 Å². The van der Waals surface area contributed by atoms with Gasteiger partial charge in [0.2, 0.25) is 0 Å². The lowest BCUT2D eigenvalue weighted by Gasteiger charge is -2.38. The third-order valence-electron chi connectivity index (χ3n) is 3.31. The monoisotopic (exact) mass is 249 g/mol. The Bertz CT molecular complexity index is 416. The summed E-state index contributed by atoms with van der Waals surface area (Å²) < 4.78 is 5.58. The molecule has 18 heavy (non-hydrogen) atoms. The summed E-state index contributed by atoms with van der Waals surface area (Å²) in [4.78, 5) is 14.3. The first-order valence-corrected chi connectivity index (χ1v) is 6.33. The minimum absolute atomic E-state index is 0.0111. The van der Waals surface area contributed by atoms with E-state index in [-0.39, 0.29) is 23.8 Å². The number of morpholine rings is 1. The molecule has 1 fully saturated rings. The molecule has 0 spiro atoms. The van der Waals surface area contributed by atoms with Crippen molar-refractivity contribution in [3.05, 3.63) is 29.8 Å². The predicted octanol–water partition coefficient (Wildman–Crippen LogP) is 2.03. The summed E-state index contributed by atoms with van der Waals surface area (Å²) in [6, 6.07) is 6.54. The van der Waals surface area contributed by atoms with Crippen LogP contribution in [-0.2, 0) is 4.74 Å². The lowest BCUT2D eigenvalue weighted by molar-refractivity contribution is -0.0444. The highest BCUT2D eigenvalue weighted by Gasteiger charge is 2.29. The van der Waals surface area contributed by atoms with Crippen molar-refractivity contribution in [1.29, 1.82) is 0 Å². The van der Waals surface area contributed by atoms with Crippen LogP contribution in [0.1, 0.15) is 30.6 Å². The molecule has 0 aliphatic carbocycles. The molecule has 1 heterocycles. The summed E-state index contributed by atoms with van der Waals surface area (Å²) >= 11 is 0. The Morgan fingerprint density at radius 3 is 2.72 bits per heavy atom. The summed E-state index contributed by atoms with van der Waals surface area (Å²) in [6.07, 6.45) is 0.963. The van der Waals surface area contributed by atoms with Gasteiger partial charge in [-0.05, 0) is 37.6 Å². The Kier molecular flexibility index (Phi) is 3.87. The first-order chi connectivity index (χ1) is 8.61. The fourth-order valence-corrected chi connectivity index (χ4v) is 2.20. The number of amides is 1. The van der Waals surface area contributed by atoms with Crippen LogP contribution in [-0.4, -0.2) is 41.2 Å². The highest BCUT2D eigenvalue weighted by molar-refractivity contribution is 5.94. The van der Waals surface area contributed by atoms with Crippen LogP contribution < -0.4 is 0 Å². The van der Waals surface area contributed by atoms with Gasteiger partial charge in [0.1, 0.15) is 5.75 Å². The molecule has 0 bridgehead atoms. The second-order valence-corrected chi connectivity index (χ2v) is 4.71. The molecule has 1 aromatic carbocycles. The van der Waals surface area contributed by atoms with Crippen LogP contribution in [0, 0.1) is 0 Å². The maximum Gasteiger partial charge on any atom is 0.254 e. The van der Waals surface area contributed by atoms with E-state index >= 15 is 0 Å². The highest BCUT2D eigenvalue weighted by atomic mass is 16.5. The zero-order valence-electron chi connectivity index (χ0n) is 10.8. The van der Waals surface area contributed by atoms with Crippen LogP contribution in [0.2, 0.25) is 0 Å². The molecular formula is C14H19NO3. The molecule has 1 saturated heterocycles. The molecule has 4 nitrogen and oxygen atoms in total. The molecule has 4 heteroatoms. The van der Waals surface area contributed by atoms with Crippen molar-refractivity contribution < 1.29 is 14.6 Å². The molecule has 0 radical (unpaired) electrons. The van der Waals surface area contributed by atoms with Crippen molar-refractivity contribution in [3.63, 3.8) is 0 Å². The molecule has 2 atom stereocenters. The maximum absolute atomic E-state index is 12.4. The highest BCUT2D eigenvalue weighted by Crippen LogP contribution is 2.19. The fourth-order valence-electron chi connectivity index (χ4n) is 2.20. The van der Waals surface area contributed by atoms with Crippen LogP contribution in [0.15, 0.2) is 24.3 Å². The van der Waals surface area contributed by atoms with Gasteiger partial charge in [0.25, 0.3) is 5.91 Å². The lowest BCUT2D eigenvalue weighted by Crippen LogP contribution is -2.51. The average molecular weight is 249 g/mol. The minimum atomic E-state index is 0.0111. The van der Waals surface area contributed by atoms with E-state index in [0.717, 1.165) is 6.42 Å². The van der Waals surface area contributed by atoms with Gasteiger partial charge in [-0.1, -0.05) is 6.92 Å². The lowest BCUT2D eigenvalue weighted by atomic mass is 10.1. The third kappa shape index (κ3) is 2.64. The number of phenolic OH excluding ortho intramolecular Hbond substituents is 1. The number of carbonyl (C=O) groups is 1. The van der Waals surface area contributed by atoms with E-state index in [1.165, 1.54) is 12.1 Å². The fraction of sp³-hybridized carbons (Fsp3) is 0.500. The zero-order chi connectivity index (χ0) is 13.1. The Morgan fingerprint density at radius 1 is 1.44 bits per heavy atom. The van der Waals surface area contributed by atoms with Crippen molar-refractivity contribution in [2.24, 2.45) is 0 Å². The van der Waals surface area contributed by atoms with E-state index in [2.05, 4.69) is 6.92 Å². The Labute approximate surface area is 107 Å². The van der Waals surface area contributed by atoms with Crippen molar-refractivity contribution in [2.75, 3.05) is 13.2 Å². The number of benzene rings is 1. The topological polar surface area (TPSA) is 49.8 Å². The van der Waals surface area contributed by atoms with E-state index in [1.54, 1.807) is 12.1 Å². The average Bonchev–Trinajstić information content (AvgIpc) is 2.39. The first-order valence-electron chi connectivity index (χ1n) is 6.33. The van der Waals surface area contributed by atoms with Crippen LogP contribution >= 0.6 is 0 Å². The first kappa shape index (κ1) is 12.9. The van der Waals surface area contributed by atoms with E-state index in [9.17, 15) is 9.90 Å². The van der Waals surface area contributed by atoms with E-state index in [1.807, 2.05) is 11.8 Å². The number of carbonyl (C=O) groups excluding carboxylic acids is 1. The van der Waals surface area contributed by atoms with Crippen molar-refractivity contribution in [1.82, 2.24) is 4.90 Å². The van der Waals surface area contributed by atoms with Crippen molar-refractivity contribution in [2.45, 2.75) is 32.4 Å². The smallest absolute Gasteiger partial charge is 0.254 e. The van der Waals surface area contributed by atoms with Gasteiger partial charge in [-0.3, -0.25) is 4.79 Å². The number of hydrogen-bond acceptors (Lipinski definition) is 3. The molecule has 1 aliphatic heterocycles. The summed E-state index contributed by atoms with van der Waals surface area (Å²) in [6.45, 7) is 5.25. The number of rotatable bonds is 2. The maximum atomic E-state index is 12.4. The van der Waals surface area contributed by atoms with Gasteiger partial charge in [0.15, 0.2) is 0 Å². The quantitative estimate of drug-likeness (QED) is 0.872. The van der Waals surface area contributed by atoms with E-state index < -0.39 is 0 Å². The molecule has 0 saturated carbocycles. The molecule has 1 aromatic rings. The van der Waals surface area contributed by atoms with Gasteiger partial charge in [0.05, 0.1) is 18.8 Å². The molecule has 1 aliphatic rings. The van der Waals surface area contributed by atoms with Crippen LogP contribution in [0.3, 0.4) is 0 Å². The van der Waals surface area contributed by atoms with Gasteiger partial charge in [-0.15, -0.1) is 0 Å². The molecule has 2 rings (SSSR count). The number of phenols is 1. The van der Waals surface area contributed by atoms with Crippen LogP contribution in [0.25, 0.3) is 0 Å². The Hall–Kier alpha value is -1.55. The number of nitrogens with zero attached hydrogens (tertiary/aromatic N) is 1. The van der Waals surface area contributed by atoms with E-state index in [0.29, 0.717) is 18.7 Å². The Balaban J connectivity index is 2.17. The Morgan fingerprint density at radius 2 is 2.11 bits per heavy atom. The SMILES string of the molecule is CCC1COC(C)CN1C(=O)c1ccc(O)cc1. The summed E-state index contributed by atoms with van der Waals surface area (Å²) in [5.74, 6) is 0.186. The van der Waals surface area contributed by atoms with Gasteiger partial charge in [-0.2, -0.15) is 0 Å². The number of aromatic hydroxyl groups is 1. The standard InChI is InChI=1S/C14H19NO3/c1-3-12-9-18-10(2)8-15(12)14(17)11-4-6-13(16)7-5-11/h4-7,10,12,16H,3,8-9H2,1-2H3. The molecule has 0 aromatic heterocycles. The second kappa shape index (κ2) is 5.40. The molecule has 2 unspecified atom stereocenters. The minimum Gasteiger partial charge on any atom is -0.508 e. The summed E-state index contributed by atoms with van der Waals surface area (Å²) in [5, 5.41) is 9.24. The van der Waals surface area contributed by atoms with Gasteiger partial charge < -0.3 is 14.7 Å². The molecule has 1 N–H and O–H groups in total. The molecule has 98 valence electrons. The molecular weight excluding hydrogens is 230 g/mol. The van der Waals surface area contributed by atoms with Gasteiger partial charge in [-0.25, -0.2) is 0 Å². The number of hydrogen-bond donors (Lipinski definition) is 1. The number of ether oxygens (including phenoxy) is 1. The summed E-state index contributed by atoms with van der Waals surface area (Å²) in [5.41, 5.74) is 0.611. The normalized spacial score (nSPS) is 24.0. The predicted molar refractivity (Wildman–Crippen MR) is 68.6 cm³/mol. The van der Waals surface area contributed by atoms with Crippen LogP contribution in [0.5, 0.6) is 5.75 Å². The summed E-state index contributed by atoms with van der Waals surface area (Å²) in [7, 11) is 0. The van der Waals surface area contributed by atoms with E-state index in [4.69, 9.17) is 4.74 Å². The largest absolute Gasteiger partial charge is 0.508 e. The van der Waals surface area contributed by atoms with Gasteiger partial charge in [0, 0.05) is 12.1 Å². The van der Waals surface area contributed by atoms with Crippen LogP contribution in [0.4, 0.5) is 0 Å². The molecule has 1 amide bonds.